The number of nitrogens with zero attached hydrogens (tertiary/aromatic N) is 3. The van der Waals surface area contributed by atoms with E-state index < -0.39 is 0 Å². The Bertz CT molecular complexity index is 938. The number of hydrogen-bond donors (Lipinski definition) is 0. The van der Waals surface area contributed by atoms with Gasteiger partial charge < -0.3 is 4.74 Å². The van der Waals surface area contributed by atoms with Crippen LogP contribution in [0.15, 0.2) is 53.7 Å². The second kappa shape index (κ2) is 7.13. The third kappa shape index (κ3) is 3.34. The Labute approximate surface area is 160 Å². The fourth-order valence-electron chi connectivity index (χ4n) is 2.77. The van der Waals surface area contributed by atoms with Crippen molar-refractivity contribution in [1.29, 1.82) is 0 Å². The molecule has 4 rings (SSSR count). The van der Waals surface area contributed by atoms with Crippen molar-refractivity contribution in [3.8, 4) is 17.1 Å². The van der Waals surface area contributed by atoms with Crippen LogP contribution < -0.4 is 0 Å². The van der Waals surface area contributed by atoms with Crippen molar-refractivity contribution in [2.75, 3.05) is 6.61 Å². The van der Waals surface area contributed by atoms with Gasteiger partial charge in [-0.05, 0) is 31.2 Å². The summed E-state index contributed by atoms with van der Waals surface area (Å²) in [6.45, 7) is 2.50. The Balaban J connectivity index is 1.80. The zero-order valence-electron chi connectivity index (χ0n) is 14.1. The highest BCUT2D eigenvalue weighted by Crippen LogP contribution is 2.33. The zero-order chi connectivity index (χ0) is 18.1. The molecule has 1 aromatic heterocycles. The number of rotatable bonds is 4. The molecule has 5 nitrogen and oxygen atoms in total. The number of carbonyl (C=O) groups is 1. The minimum absolute atomic E-state index is 0.197. The third-order valence-corrected chi connectivity index (χ3v) is 5.60. The van der Waals surface area contributed by atoms with E-state index in [0.29, 0.717) is 23.2 Å². The van der Waals surface area contributed by atoms with Gasteiger partial charge in [0.2, 0.25) is 0 Å². The third-order valence-electron chi connectivity index (χ3n) is 4.16. The quantitative estimate of drug-likeness (QED) is 0.626. The Morgan fingerprint density at radius 2 is 1.85 bits per heavy atom. The highest BCUT2D eigenvalue weighted by atomic mass is 35.5. The van der Waals surface area contributed by atoms with Crippen LogP contribution in [0.5, 0.6) is 0 Å². The van der Waals surface area contributed by atoms with Crippen LogP contribution in [-0.2, 0) is 9.53 Å². The number of aryl methyl sites for hydroxylation is 1. The molecule has 0 saturated carbocycles. The number of aromatic nitrogens is 3. The lowest BCUT2D eigenvalue weighted by molar-refractivity contribution is -0.137. The van der Waals surface area contributed by atoms with Gasteiger partial charge in [0.05, 0.1) is 6.61 Å². The van der Waals surface area contributed by atoms with E-state index in [1.807, 2.05) is 60.0 Å². The predicted octanol–water partition coefficient (Wildman–Crippen LogP) is 4.30. The number of halogens is 1. The van der Waals surface area contributed by atoms with E-state index in [1.165, 1.54) is 17.3 Å². The van der Waals surface area contributed by atoms with E-state index in [0.717, 1.165) is 17.1 Å². The molecule has 0 aliphatic carbocycles. The van der Waals surface area contributed by atoms with Crippen LogP contribution in [0.1, 0.15) is 12.0 Å². The van der Waals surface area contributed by atoms with Crippen molar-refractivity contribution < 1.29 is 9.53 Å². The second-order valence-corrected chi connectivity index (χ2v) is 7.65. The van der Waals surface area contributed by atoms with Gasteiger partial charge in [-0.25, -0.2) is 0 Å². The molecule has 2 aromatic carbocycles. The minimum atomic E-state index is -0.254. The molecule has 7 heteroatoms. The molecule has 0 unspecified atom stereocenters. The monoisotopic (exact) mass is 385 g/mol. The number of thioether (sulfide) groups is 1. The number of esters is 1. The maximum Gasteiger partial charge on any atom is 0.319 e. The summed E-state index contributed by atoms with van der Waals surface area (Å²) in [6.07, 6.45) is 0.677. The topological polar surface area (TPSA) is 57.0 Å². The summed E-state index contributed by atoms with van der Waals surface area (Å²) < 4.78 is 7.02. The zero-order valence-corrected chi connectivity index (χ0v) is 15.6. The van der Waals surface area contributed by atoms with Gasteiger partial charge in [-0.15, -0.1) is 10.2 Å². The van der Waals surface area contributed by atoms with Gasteiger partial charge in [0.1, 0.15) is 5.25 Å². The first-order chi connectivity index (χ1) is 12.6. The van der Waals surface area contributed by atoms with Crippen molar-refractivity contribution in [2.45, 2.75) is 23.8 Å². The lowest BCUT2D eigenvalue weighted by Gasteiger charge is -2.12. The van der Waals surface area contributed by atoms with Crippen molar-refractivity contribution in [2.24, 2.45) is 0 Å². The number of benzene rings is 2. The molecule has 0 radical (unpaired) electrons. The van der Waals surface area contributed by atoms with Crippen LogP contribution in [0.3, 0.4) is 0 Å². The lowest BCUT2D eigenvalue weighted by atomic mass is 10.1. The van der Waals surface area contributed by atoms with E-state index in [1.54, 1.807) is 0 Å². The SMILES string of the molecule is Cc1ccc(-c2nnc(S[C@H]3CCOC3=O)n2-c2ccc(Cl)cc2)cc1. The van der Waals surface area contributed by atoms with Crippen molar-refractivity contribution >= 4 is 29.3 Å². The summed E-state index contributed by atoms with van der Waals surface area (Å²) in [6, 6.07) is 15.6. The molecule has 2 heterocycles. The van der Waals surface area contributed by atoms with E-state index >= 15 is 0 Å². The van der Waals surface area contributed by atoms with E-state index in [9.17, 15) is 4.79 Å². The van der Waals surface area contributed by atoms with Crippen LogP contribution in [0.4, 0.5) is 0 Å². The Morgan fingerprint density at radius 1 is 1.12 bits per heavy atom. The summed E-state index contributed by atoms with van der Waals surface area (Å²) in [5.41, 5.74) is 3.03. The molecule has 132 valence electrons. The lowest BCUT2D eigenvalue weighted by Crippen LogP contribution is -2.11. The minimum Gasteiger partial charge on any atom is -0.465 e. The highest BCUT2D eigenvalue weighted by Gasteiger charge is 2.30. The smallest absolute Gasteiger partial charge is 0.319 e. The predicted molar refractivity (Wildman–Crippen MR) is 102 cm³/mol. The molecular weight excluding hydrogens is 370 g/mol. The van der Waals surface area contributed by atoms with Gasteiger partial charge in [0, 0.05) is 22.7 Å². The summed E-state index contributed by atoms with van der Waals surface area (Å²) in [7, 11) is 0. The van der Waals surface area contributed by atoms with Gasteiger partial charge in [-0.1, -0.05) is 53.2 Å². The van der Waals surface area contributed by atoms with Crippen molar-refractivity contribution in [3.63, 3.8) is 0 Å². The molecule has 1 fully saturated rings. The number of ether oxygens (including phenoxy) is 1. The van der Waals surface area contributed by atoms with Crippen molar-refractivity contribution in [3.05, 3.63) is 59.1 Å². The average Bonchev–Trinajstić information content (AvgIpc) is 3.24. The van der Waals surface area contributed by atoms with Gasteiger partial charge >= 0.3 is 5.97 Å². The molecule has 0 bridgehead atoms. The number of cyclic esters (lactones) is 1. The molecule has 0 amide bonds. The Morgan fingerprint density at radius 3 is 2.50 bits per heavy atom. The molecule has 0 N–H and O–H groups in total. The fourth-order valence-corrected chi connectivity index (χ4v) is 3.91. The normalized spacial score (nSPS) is 16.7. The second-order valence-electron chi connectivity index (χ2n) is 6.05. The molecule has 1 saturated heterocycles. The van der Waals surface area contributed by atoms with Crippen LogP contribution in [-0.4, -0.2) is 32.6 Å². The largest absolute Gasteiger partial charge is 0.465 e. The van der Waals surface area contributed by atoms with Crippen LogP contribution in [0.25, 0.3) is 17.1 Å². The molecule has 3 aromatic rings. The van der Waals surface area contributed by atoms with E-state index in [2.05, 4.69) is 10.2 Å². The maximum absolute atomic E-state index is 11.9. The Hall–Kier alpha value is -2.31. The van der Waals surface area contributed by atoms with Gasteiger partial charge in [0.15, 0.2) is 11.0 Å². The summed E-state index contributed by atoms with van der Waals surface area (Å²) in [5, 5.41) is 9.80. The molecular formula is C19H16ClN3O2S. The van der Waals surface area contributed by atoms with Crippen LogP contribution in [0.2, 0.25) is 5.02 Å². The van der Waals surface area contributed by atoms with Gasteiger partial charge in [-0.3, -0.25) is 9.36 Å². The van der Waals surface area contributed by atoms with Crippen molar-refractivity contribution in [1.82, 2.24) is 14.8 Å². The first-order valence-corrected chi connectivity index (χ1v) is 9.49. The maximum atomic E-state index is 11.9. The molecule has 1 aliphatic heterocycles. The molecule has 1 aliphatic rings. The molecule has 26 heavy (non-hydrogen) atoms. The first-order valence-electron chi connectivity index (χ1n) is 8.23. The average molecular weight is 386 g/mol. The summed E-state index contributed by atoms with van der Waals surface area (Å²) >= 11 is 7.42. The number of carbonyl (C=O) groups excluding carboxylic acids is 1. The summed E-state index contributed by atoms with van der Waals surface area (Å²) in [4.78, 5) is 11.9. The van der Waals surface area contributed by atoms with Crippen LogP contribution >= 0.6 is 23.4 Å². The summed E-state index contributed by atoms with van der Waals surface area (Å²) in [5.74, 6) is 0.527. The van der Waals surface area contributed by atoms with E-state index in [4.69, 9.17) is 16.3 Å². The van der Waals surface area contributed by atoms with Gasteiger partial charge in [-0.2, -0.15) is 0 Å². The number of hydrogen-bond acceptors (Lipinski definition) is 5. The standard InChI is InChI=1S/C19H16ClN3O2S/c1-12-2-4-13(5-3-12)17-21-22-19(26-16-10-11-25-18(16)24)23(17)15-8-6-14(20)7-9-15/h2-9,16H,10-11H2,1H3/t16-/m0/s1. The first kappa shape index (κ1) is 17.1. The molecule has 1 atom stereocenters. The van der Waals surface area contributed by atoms with Crippen LogP contribution in [0, 0.1) is 6.92 Å². The van der Waals surface area contributed by atoms with E-state index in [-0.39, 0.29) is 11.2 Å². The fraction of sp³-hybridized carbons (Fsp3) is 0.211. The van der Waals surface area contributed by atoms with Gasteiger partial charge in [0.25, 0.3) is 0 Å². The molecule has 0 spiro atoms. The highest BCUT2D eigenvalue weighted by molar-refractivity contribution is 8.00. The Kier molecular flexibility index (Phi) is 4.70.